The molecule has 21 heavy (non-hydrogen) atoms. The van der Waals surface area contributed by atoms with Gasteiger partial charge in [0, 0.05) is 17.3 Å². The molecule has 2 rings (SSSR count). The van der Waals surface area contributed by atoms with E-state index in [0.29, 0.717) is 10.7 Å². The largest absolute Gasteiger partial charge is 0.399 e. The highest BCUT2D eigenvalue weighted by molar-refractivity contribution is 7.89. The summed E-state index contributed by atoms with van der Waals surface area (Å²) in [6.45, 7) is 1.97. The molecule has 112 valence electrons. The number of nitrogens with two attached hydrogens (primary N) is 1. The molecule has 0 fully saturated rings. The van der Waals surface area contributed by atoms with Gasteiger partial charge in [0.15, 0.2) is 0 Å². The topological polar surface area (TPSA) is 72.2 Å². The first-order valence-electron chi connectivity index (χ1n) is 6.10. The van der Waals surface area contributed by atoms with Crippen molar-refractivity contribution in [3.8, 4) is 0 Å². The van der Waals surface area contributed by atoms with E-state index in [2.05, 4.69) is 4.72 Å². The molecule has 0 aromatic heterocycles. The number of hydrogen-bond acceptors (Lipinski definition) is 3. The Morgan fingerprint density at radius 2 is 1.90 bits per heavy atom. The summed E-state index contributed by atoms with van der Waals surface area (Å²) in [6, 6.07) is 9.65. The molecule has 0 unspecified atom stereocenters. The molecule has 0 radical (unpaired) electrons. The monoisotopic (exact) mass is 344 g/mol. The lowest BCUT2D eigenvalue weighted by atomic mass is 10.1. The van der Waals surface area contributed by atoms with Gasteiger partial charge >= 0.3 is 0 Å². The Balaban J connectivity index is 2.26. The van der Waals surface area contributed by atoms with E-state index in [4.69, 9.17) is 28.9 Å². The van der Waals surface area contributed by atoms with Crippen molar-refractivity contribution in [2.24, 2.45) is 0 Å². The average molecular weight is 345 g/mol. The van der Waals surface area contributed by atoms with Crippen molar-refractivity contribution in [1.82, 2.24) is 4.72 Å². The van der Waals surface area contributed by atoms with Crippen LogP contribution in [0, 0.1) is 6.92 Å². The summed E-state index contributed by atoms with van der Waals surface area (Å²) in [5, 5.41) is 0.427. The lowest BCUT2D eigenvalue weighted by Gasteiger charge is -2.11. The average Bonchev–Trinajstić information content (AvgIpc) is 2.43. The third-order valence-corrected chi connectivity index (χ3v) is 5.24. The first kappa shape index (κ1) is 16.1. The number of hydrogen-bond donors (Lipinski definition) is 2. The van der Waals surface area contributed by atoms with Crippen LogP contribution in [0.1, 0.15) is 11.1 Å². The number of sulfonamides is 1. The second-order valence-corrected chi connectivity index (χ2v) is 7.11. The van der Waals surface area contributed by atoms with E-state index in [1.807, 2.05) is 13.0 Å². The van der Waals surface area contributed by atoms with Crippen molar-refractivity contribution in [3.05, 3.63) is 57.6 Å². The molecule has 2 aromatic carbocycles. The van der Waals surface area contributed by atoms with Gasteiger partial charge < -0.3 is 5.73 Å². The van der Waals surface area contributed by atoms with Crippen LogP contribution in [0.25, 0.3) is 0 Å². The summed E-state index contributed by atoms with van der Waals surface area (Å²) < 4.78 is 27.1. The maximum absolute atomic E-state index is 12.3. The Labute approximate surface area is 133 Å². The van der Waals surface area contributed by atoms with Crippen molar-refractivity contribution in [1.29, 1.82) is 0 Å². The van der Waals surface area contributed by atoms with Gasteiger partial charge in [0.05, 0.1) is 5.02 Å². The Morgan fingerprint density at radius 3 is 2.62 bits per heavy atom. The van der Waals surface area contributed by atoms with E-state index in [0.717, 1.165) is 11.1 Å². The number of nitrogens with one attached hydrogen (secondary N) is 1. The molecule has 0 saturated carbocycles. The van der Waals surface area contributed by atoms with E-state index in [1.54, 1.807) is 12.1 Å². The van der Waals surface area contributed by atoms with Crippen molar-refractivity contribution < 1.29 is 8.42 Å². The van der Waals surface area contributed by atoms with E-state index >= 15 is 0 Å². The zero-order valence-corrected chi connectivity index (χ0v) is 13.6. The third kappa shape index (κ3) is 3.68. The van der Waals surface area contributed by atoms with Crippen LogP contribution in [0.4, 0.5) is 5.69 Å². The van der Waals surface area contributed by atoms with Gasteiger partial charge in [0.25, 0.3) is 0 Å². The molecule has 4 nitrogen and oxygen atoms in total. The highest BCUT2D eigenvalue weighted by Crippen LogP contribution is 2.25. The van der Waals surface area contributed by atoms with Crippen molar-refractivity contribution in [3.63, 3.8) is 0 Å². The molecule has 0 spiro atoms. The Bertz CT molecular complexity index is 777. The minimum Gasteiger partial charge on any atom is -0.399 e. The molecule has 0 heterocycles. The van der Waals surface area contributed by atoms with E-state index in [-0.39, 0.29) is 16.5 Å². The highest BCUT2D eigenvalue weighted by Gasteiger charge is 2.18. The van der Waals surface area contributed by atoms with Crippen LogP contribution in [-0.2, 0) is 16.6 Å². The second-order valence-electron chi connectivity index (χ2n) is 4.53. The van der Waals surface area contributed by atoms with Crippen molar-refractivity contribution in [2.45, 2.75) is 18.4 Å². The second kappa shape index (κ2) is 6.23. The van der Waals surface area contributed by atoms with Gasteiger partial charge in [-0.3, -0.25) is 0 Å². The Hall–Kier alpha value is -1.27. The van der Waals surface area contributed by atoms with Crippen molar-refractivity contribution >= 4 is 38.9 Å². The van der Waals surface area contributed by atoms with Gasteiger partial charge in [0.1, 0.15) is 4.90 Å². The zero-order chi connectivity index (χ0) is 15.6. The smallest absolute Gasteiger partial charge is 0.242 e. The van der Waals surface area contributed by atoms with Gasteiger partial charge in [0.2, 0.25) is 10.0 Å². The van der Waals surface area contributed by atoms with Crippen LogP contribution in [-0.4, -0.2) is 8.42 Å². The summed E-state index contributed by atoms with van der Waals surface area (Å²) in [5.74, 6) is 0. The fourth-order valence-corrected chi connectivity index (χ4v) is 3.60. The zero-order valence-electron chi connectivity index (χ0n) is 11.2. The molecule has 0 saturated heterocycles. The molecule has 7 heteroatoms. The third-order valence-electron chi connectivity index (χ3n) is 3.12. The fourth-order valence-electron chi connectivity index (χ4n) is 1.83. The van der Waals surface area contributed by atoms with Gasteiger partial charge in [-0.1, -0.05) is 35.3 Å². The minimum absolute atomic E-state index is 0.0433. The van der Waals surface area contributed by atoms with Gasteiger partial charge in [-0.2, -0.15) is 0 Å². The summed E-state index contributed by atoms with van der Waals surface area (Å²) in [6.07, 6.45) is 0. The predicted octanol–water partition coefficient (Wildman–Crippen LogP) is 3.36. The number of halogens is 2. The molecule has 3 N–H and O–H groups in total. The van der Waals surface area contributed by atoms with E-state index < -0.39 is 10.0 Å². The number of rotatable bonds is 4. The number of nitrogen functional groups attached to an aromatic ring is 1. The van der Waals surface area contributed by atoms with Crippen LogP contribution in [0.3, 0.4) is 0 Å². The van der Waals surface area contributed by atoms with Crippen LogP contribution in [0.2, 0.25) is 10.0 Å². The minimum atomic E-state index is -3.75. The summed E-state index contributed by atoms with van der Waals surface area (Å²) in [5.41, 5.74) is 8.06. The standard InChI is InChI=1S/C14H14Cl2N2O2S/c1-9-10(3-2-4-13(9)17)8-18-21(19,20)14-7-11(15)5-6-12(14)16/h2-7,18H,8,17H2,1H3. The predicted molar refractivity (Wildman–Crippen MR) is 86.1 cm³/mol. The summed E-state index contributed by atoms with van der Waals surface area (Å²) in [7, 11) is -3.75. The van der Waals surface area contributed by atoms with Crippen LogP contribution in [0.5, 0.6) is 0 Å². The molecular formula is C14H14Cl2N2O2S. The molecule has 0 bridgehead atoms. The van der Waals surface area contributed by atoms with Gasteiger partial charge in [-0.25, -0.2) is 13.1 Å². The quantitative estimate of drug-likeness (QED) is 0.835. The van der Waals surface area contributed by atoms with Gasteiger partial charge in [-0.05, 0) is 42.3 Å². The molecule has 0 aliphatic carbocycles. The van der Waals surface area contributed by atoms with Crippen LogP contribution >= 0.6 is 23.2 Å². The highest BCUT2D eigenvalue weighted by atomic mass is 35.5. The molecule has 0 aliphatic rings. The van der Waals surface area contributed by atoms with Crippen LogP contribution < -0.4 is 10.5 Å². The van der Waals surface area contributed by atoms with E-state index in [9.17, 15) is 8.42 Å². The molecule has 2 aromatic rings. The molecule has 0 aliphatic heterocycles. The van der Waals surface area contributed by atoms with Crippen molar-refractivity contribution in [2.75, 3.05) is 5.73 Å². The van der Waals surface area contributed by atoms with E-state index in [1.165, 1.54) is 18.2 Å². The fraction of sp³-hybridized carbons (Fsp3) is 0.143. The number of anilines is 1. The summed E-state index contributed by atoms with van der Waals surface area (Å²) in [4.78, 5) is -0.0433. The van der Waals surface area contributed by atoms with Crippen LogP contribution in [0.15, 0.2) is 41.3 Å². The molecular weight excluding hydrogens is 331 g/mol. The first-order chi connectivity index (χ1) is 9.81. The first-order valence-corrected chi connectivity index (χ1v) is 8.34. The molecule has 0 amide bonds. The SMILES string of the molecule is Cc1c(N)cccc1CNS(=O)(=O)c1cc(Cl)ccc1Cl. The molecule has 0 atom stereocenters. The normalized spacial score (nSPS) is 11.6. The maximum Gasteiger partial charge on any atom is 0.242 e. The Morgan fingerprint density at radius 1 is 1.19 bits per heavy atom. The Kier molecular flexibility index (Phi) is 4.78. The maximum atomic E-state index is 12.3. The lowest BCUT2D eigenvalue weighted by Crippen LogP contribution is -2.24. The summed E-state index contributed by atoms with van der Waals surface area (Å²) >= 11 is 11.7. The van der Waals surface area contributed by atoms with Gasteiger partial charge in [-0.15, -0.1) is 0 Å². The lowest BCUT2D eigenvalue weighted by molar-refractivity contribution is 0.581. The number of benzene rings is 2.